The maximum Gasteiger partial charge on any atom is 0.241 e. The van der Waals surface area contributed by atoms with Gasteiger partial charge in [0.05, 0.1) is 18.4 Å². The minimum Gasteiger partial charge on any atom is -0.353 e. The molecule has 2 aliphatic rings. The molecule has 1 aromatic heterocycles. The summed E-state index contributed by atoms with van der Waals surface area (Å²) in [7, 11) is 0. The van der Waals surface area contributed by atoms with Crippen molar-refractivity contribution < 1.29 is 4.79 Å². The van der Waals surface area contributed by atoms with E-state index in [1.54, 1.807) is 18.6 Å². The third-order valence-electron chi connectivity index (χ3n) is 5.15. The molecule has 27 heavy (non-hydrogen) atoms. The number of nitrogens with zero attached hydrogens (tertiary/aromatic N) is 5. The number of piperazine rings is 1. The van der Waals surface area contributed by atoms with Gasteiger partial charge in [-0.25, -0.2) is 4.98 Å². The second kappa shape index (κ2) is 8.27. The van der Waals surface area contributed by atoms with Crippen molar-refractivity contribution in [3.63, 3.8) is 0 Å². The lowest BCUT2D eigenvalue weighted by Crippen LogP contribution is -2.50. The molecular weight excluding hydrogens is 358 g/mol. The highest BCUT2D eigenvalue weighted by molar-refractivity contribution is 8.00. The largest absolute Gasteiger partial charge is 0.353 e. The number of anilines is 2. The molecule has 1 fully saturated rings. The van der Waals surface area contributed by atoms with Crippen LogP contribution in [0.1, 0.15) is 13.3 Å². The number of rotatable bonds is 3. The first-order chi connectivity index (χ1) is 13.2. The van der Waals surface area contributed by atoms with Crippen molar-refractivity contribution in [3.8, 4) is 0 Å². The fourth-order valence-corrected chi connectivity index (χ4v) is 4.73. The van der Waals surface area contributed by atoms with Crippen LogP contribution in [0, 0.1) is 0 Å². The SMILES string of the molecule is CC1CCN(C(=O)CN2CCN(c3cnccn3)CC2)c2ccccc2S1. The van der Waals surface area contributed by atoms with Crippen LogP contribution >= 0.6 is 11.8 Å². The summed E-state index contributed by atoms with van der Waals surface area (Å²) in [6, 6.07) is 8.28. The van der Waals surface area contributed by atoms with Crippen LogP contribution in [-0.4, -0.2) is 65.3 Å². The standard InChI is InChI=1S/C20H25N5OS/c1-16-6-9-25(17-4-2-3-5-18(17)27-16)20(26)15-23-10-12-24(13-11-23)19-14-21-7-8-22-19/h2-5,7-8,14,16H,6,9-13,15H2,1H3. The van der Waals surface area contributed by atoms with E-state index in [9.17, 15) is 4.79 Å². The van der Waals surface area contributed by atoms with Crippen LogP contribution in [0.25, 0.3) is 0 Å². The number of benzene rings is 1. The molecule has 1 amide bonds. The predicted octanol–water partition coefficient (Wildman–Crippen LogP) is 2.52. The van der Waals surface area contributed by atoms with Crippen LogP contribution in [-0.2, 0) is 4.79 Å². The van der Waals surface area contributed by atoms with Crippen LogP contribution < -0.4 is 9.80 Å². The Morgan fingerprint density at radius 2 is 1.96 bits per heavy atom. The monoisotopic (exact) mass is 383 g/mol. The first-order valence-electron chi connectivity index (χ1n) is 9.50. The molecule has 3 heterocycles. The predicted molar refractivity (Wildman–Crippen MR) is 109 cm³/mol. The average Bonchev–Trinajstić information content (AvgIpc) is 2.87. The third kappa shape index (κ3) is 4.25. The van der Waals surface area contributed by atoms with E-state index < -0.39 is 0 Å². The molecule has 1 unspecified atom stereocenters. The smallest absolute Gasteiger partial charge is 0.241 e. The highest BCUT2D eigenvalue weighted by Gasteiger charge is 2.27. The fourth-order valence-electron chi connectivity index (χ4n) is 3.61. The Morgan fingerprint density at radius 3 is 2.74 bits per heavy atom. The Labute approximate surface area is 164 Å². The summed E-state index contributed by atoms with van der Waals surface area (Å²) in [6.07, 6.45) is 6.23. The Balaban J connectivity index is 1.39. The number of fused-ring (bicyclic) bond motifs is 1. The molecule has 0 N–H and O–H groups in total. The fraction of sp³-hybridized carbons (Fsp3) is 0.450. The number of amides is 1. The second-order valence-electron chi connectivity index (χ2n) is 7.06. The van der Waals surface area contributed by atoms with Gasteiger partial charge < -0.3 is 9.80 Å². The highest BCUT2D eigenvalue weighted by Crippen LogP contribution is 2.37. The number of hydrogen-bond acceptors (Lipinski definition) is 6. The zero-order valence-corrected chi connectivity index (χ0v) is 16.4. The van der Waals surface area contributed by atoms with Crippen molar-refractivity contribution in [1.29, 1.82) is 0 Å². The molecule has 2 aliphatic heterocycles. The number of para-hydroxylation sites is 1. The minimum atomic E-state index is 0.199. The molecule has 142 valence electrons. The first kappa shape index (κ1) is 18.3. The molecule has 1 saturated heterocycles. The van der Waals surface area contributed by atoms with E-state index in [-0.39, 0.29) is 5.91 Å². The molecule has 1 atom stereocenters. The van der Waals surface area contributed by atoms with E-state index >= 15 is 0 Å². The lowest BCUT2D eigenvalue weighted by Gasteiger charge is -2.35. The van der Waals surface area contributed by atoms with E-state index in [4.69, 9.17) is 0 Å². The third-order valence-corrected chi connectivity index (χ3v) is 6.39. The molecule has 0 radical (unpaired) electrons. The molecule has 6 nitrogen and oxygen atoms in total. The molecular formula is C20H25N5OS. The molecule has 0 spiro atoms. The zero-order valence-electron chi connectivity index (χ0n) is 15.6. The van der Waals surface area contributed by atoms with Crippen LogP contribution in [0.2, 0.25) is 0 Å². The van der Waals surface area contributed by atoms with Crippen molar-refractivity contribution in [3.05, 3.63) is 42.9 Å². The summed E-state index contributed by atoms with van der Waals surface area (Å²) in [5, 5.41) is 0.527. The molecule has 0 aliphatic carbocycles. The lowest BCUT2D eigenvalue weighted by atomic mass is 10.2. The van der Waals surface area contributed by atoms with Crippen molar-refractivity contribution in [2.45, 2.75) is 23.5 Å². The van der Waals surface area contributed by atoms with Gasteiger partial charge in [-0.05, 0) is 18.6 Å². The quantitative estimate of drug-likeness (QED) is 0.812. The zero-order chi connectivity index (χ0) is 18.6. The minimum absolute atomic E-state index is 0.199. The molecule has 0 bridgehead atoms. The van der Waals surface area contributed by atoms with E-state index in [0.29, 0.717) is 11.8 Å². The molecule has 4 rings (SSSR count). The molecule has 0 saturated carbocycles. The van der Waals surface area contributed by atoms with Gasteiger partial charge in [-0.3, -0.25) is 14.7 Å². The van der Waals surface area contributed by atoms with Gasteiger partial charge in [0.2, 0.25) is 5.91 Å². The van der Waals surface area contributed by atoms with Gasteiger partial charge in [0.1, 0.15) is 5.82 Å². The molecule has 7 heteroatoms. The highest BCUT2D eigenvalue weighted by atomic mass is 32.2. The van der Waals surface area contributed by atoms with E-state index in [1.807, 2.05) is 22.7 Å². The van der Waals surface area contributed by atoms with Crippen molar-refractivity contribution in [1.82, 2.24) is 14.9 Å². The van der Waals surface area contributed by atoms with Gasteiger partial charge in [0, 0.05) is 55.3 Å². The van der Waals surface area contributed by atoms with Gasteiger partial charge in [0.25, 0.3) is 0 Å². The van der Waals surface area contributed by atoms with Crippen molar-refractivity contribution in [2.24, 2.45) is 0 Å². The van der Waals surface area contributed by atoms with Gasteiger partial charge >= 0.3 is 0 Å². The Bertz CT molecular complexity index is 779. The molecule has 1 aromatic carbocycles. The summed E-state index contributed by atoms with van der Waals surface area (Å²) < 4.78 is 0. The summed E-state index contributed by atoms with van der Waals surface area (Å²) in [4.78, 5) is 29.3. The number of carbonyl (C=O) groups excluding carboxylic acids is 1. The summed E-state index contributed by atoms with van der Waals surface area (Å²) >= 11 is 1.87. The van der Waals surface area contributed by atoms with Crippen molar-refractivity contribution >= 4 is 29.2 Å². The first-order valence-corrected chi connectivity index (χ1v) is 10.4. The van der Waals surface area contributed by atoms with Gasteiger partial charge in [0.15, 0.2) is 0 Å². The van der Waals surface area contributed by atoms with Gasteiger partial charge in [-0.1, -0.05) is 19.1 Å². The number of aromatic nitrogens is 2. The van der Waals surface area contributed by atoms with Crippen LogP contribution in [0.3, 0.4) is 0 Å². The van der Waals surface area contributed by atoms with Crippen molar-refractivity contribution in [2.75, 3.05) is 49.1 Å². The summed E-state index contributed by atoms with van der Waals surface area (Å²) in [5.41, 5.74) is 1.06. The van der Waals surface area contributed by atoms with Crippen LogP contribution in [0.5, 0.6) is 0 Å². The van der Waals surface area contributed by atoms with E-state index in [1.165, 1.54) is 4.90 Å². The number of carbonyl (C=O) groups is 1. The lowest BCUT2D eigenvalue weighted by molar-refractivity contribution is -0.119. The van der Waals surface area contributed by atoms with Gasteiger partial charge in [-0.2, -0.15) is 0 Å². The number of thioether (sulfide) groups is 1. The average molecular weight is 384 g/mol. The van der Waals surface area contributed by atoms with Crippen LogP contribution in [0.4, 0.5) is 11.5 Å². The van der Waals surface area contributed by atoms with Gasteiger partial charge in [-0.15, -0.1) is 11.8 Å². The summed E-state index contributed by atoms with van der Waals surface area (Å²) in [6.45, 7) is 6.98. The Hall–Kier alpha value is -2.12. The second-order valence-corrected chi connectivity index (χ2v) is 8.54. The van der Waals surface area contributed by atoms with E-state index in [0.717, 1.165) is 50.6 Å². The van der Waals surface area contributed by atoms with E-state index in [2.05, 4.69) is 44.9 Å². The van der Waals surface area contributed by atoms with Crippen LogP contribution in [0.15, 0.2) is 47.8 Å². The Morgan fingerprint density at radius 1 is 1.15 bits per heavy atom. The topological polar surface area (TPSA) is 52.6 Å². The number of hydrogen-bond donors (Lipinski definition) is 0. The molecule has 2 aromatic rings. The normalized spacial score (nSPS) is 20.9. The summed E-state index contributed by atoms with van der Waals surface area (Å²) in [5.74, 6) is 1.11. The maximum absolute atomic E-state index is 13.1. The maximum atomic E-state index is 13.1. The Kier molecular flexibility index (Phi) is 5.59.